The van der Waals surface area contributed by atoms with Crippen molar-refractivity contribution in [2.45, 2.75) is 6.18 Å². The standard InChI is InChI=1S/C22H14ClF3N4O/c23-17-5-1-2-6-18(17)30-19(12-20(29-30)22(24,25)26)14-7-9-15(10-8-14)21(31)28-16-4-3-11-27-13-16/h1-13H,(H,28,31). The summed E-state index contributed by atoms with van der Waals surface area (Å²) < 4.78 is 41.1. The number of hydrogen-bond donors (Lipinski definition) is 1. The van der Waals surface area contributed by atoms with Gasteiger partial charge in [0.2, 0.25) is 0 Å². The number of rotatable bonds is 4. The summed E-state index contributed by atoms with van der Waals surface area (Å²) in [5.74, 6) is -0.366. The van der Waals surface area contributed by atoms with Gasteiger partial charge in [0.1, 0.15) is 0 Å². The number of alkyl halides is 3. The van der Waals surface area contributed by atoms with Crippen LogP contribution in [0.2, 0.25) is 5.02 Å². The Morgan fingerprint density at radius 2 is 1.74 bits per heavy atom. The molecule has 0 saturated carbocycles. The molecule has 0 fully saturated rings. The minimum atomic E-state index is -4.62. The van der Waals surface area contributed by atoms with Crippen LogP contribution in [0.25, 0.3) is 16.9 Å². The lowest BCUT2D eigenvalue weighted by Crippen LogP contribution is -2.11. The van der Waals surface area contributed by atoms with E-state index in [4.69, 9.17) is 11.6 Å². The number of halogens is 4. The van der Waals surface area contributed by atoms with Gasteiger partial charge in [-0.3, -0.25) is 9.78 Å². The van der Waals surface area contributed by atoms with E-state index >= 15 is 0 Å². The number of nitrogens with one attached hydrogen (secondary N) is 1. The third-order valence-electron chi connectivity index (χ3n) is 4.44. The number of benzene rings is 2. The zero-order valence-corrected chi connectivity index (χ0v) is 16.5. The summed E-state index contributed by atoms with van der Waals surface area (Å²) in [4.78, 5) is 16.3. The first-order chi connectivity index (χ1) is 14.8. The molecular weight excluding hydrogens is 429 g/mol. The first-order valence-electron chi connectivity index (χ1n) is 9.07. The molecule has 4 rings (SSSR count). The summed E-state index contributed by atoms with van der Waals surface area (Å²) >= 11 is 6.19. The van der Waals surface area contributed by atoms with Gasteiger partial charge in [-0.1, -0.05) is 35.9 Å². The highest BCUT2D eigenvalue weighted by molar-refractivity contribution is 6.32. The number of amides is 1. The van der Waals surface area contributed by atoms with Crippen molar-refractivity contribution in [2.75, 3.05) is 5.32 Å². The molecule has 2 aromatic heterocycles. The third kappa shape index (κ3) is 4.44. The van der Waals surface area contributed by atoms with E-state index in [2.05, 4.69) is 15.4 Å². The minimum Gasteiger partial charge on any atom is -0.321 e. The molecule has 9 heteroatoms. The fraction of sp³-hybridized carbons (Fsp3) is 0.0455. The van der Waals surface area contributed by atoms with Crippen LogP contribution in [0, 0.1) is 0 Å². The highest BCUT2D eigenvalue weighted by Crippen LogP contribution is 2.34. The van der Waals surface area contributed by atoms with Gasteiger partial charge < -0.3 is 5.32 Å². The monoisotopic (exact) mass is 442 g/mol. The largest absolute Gasteiger partial charge is 0.435 e. The minimum absolute atomic E-state index is 0.194. The Balaban J connectivity index is 1.70. The average Bonchev–Trinajstić information content (AvgIpc) is 3.21. The molecule has 0 atom stereocenters. The van der Waals surface area contributed by atoms with Crippen LogP contribution in [0.3, 0.4) is 0 Å². The van der Waals surface area contributed by atoms with Crippen molar-refractivity contribution in [3.05, 3.63) is 95.4 Å². The number of anilines is 1. The summed E-state index contributed by atoms with van der Waals surface area (Å²) in [5.41, 5.74) is 0.782. The Bertz CT molecular complexity index is 1220. The van der Waals surface area contributed by atoms with Crippen LogP contribution in [0.1, 0.15) is 16.1 Å². The van der Waals surface area contributed by atoms with Crippen molar-refractivity contribution in [1.82, 2.24) is 14.8 Å². The van der Waals surface area contributed by atoms with Crippen LogP contribution in [0.15, 0.2) is 79.1 Å². The number of carbonyl (C=O) groups is 1. The molecule has 1 N–H and O–H groups in total. The number of para-hydroxylation sites is 1. The smallest absolute Gasteiger partial charge is 0.321 e. The summed E-state index contributed by atoms with van der Waals surface area (Å²) in [5, 5.41) is 6.68. The SMILES string of the molecule is O=C(Nc1cccnc1)c1ccc(-c2cc(C(F)(F)F)nn2-c2ccccc2Cl)cc1. The Morgan fingerprint density at radius 3 is 2.39 bits per heavy atom. The molecular formula is C22H14ClF3N4O. The number of carbonyl (C=O) groups excluding carboxylic acids is 1. The maximum Gasteiger partial charge on any atom is 0.435 e. The molecule has 2 heterocycles. The van der Waals surface area contributed by atoms with E-state index in [1.807, 2.05) is 0 Å². The van der Waals surface area contributed by atoms with Crippen LogP contribution in [0.4, 0.5) is 18.9 Å². The molecule has 0 spiro atoms. The van der Waals surface area contributed by atoms with Crippen molar-refractivity contribution in [3.63, 3.8) is 0 Å². The lowest BCUT2D eigenvalue weighted by atomic mass is 10.1. The van der Waals surface area contributed by atoms with Gasteiger partial charge in [0.05, 0.1) is 28.3 Å². The highest BCUT2D eigenvalue weighted by atomic mass is 35.5. The second kappa shape index (κ2) is 8.23. The maximum absolute atomic E-state index is 13.3. The average molecular weight is 443 g/mol. The van der Waals surface area contributed by atoms with Crippen LogP contribution in [-0.4, -0.2) is 20.7 Å². The van der Waals surface area contributed by atoms with E-state index in [1.165, 1.54) is 18.3 Å². The van der Waals surface area contributed by atoms with E-state index in [9.17, 15) is 18.0 Å². The molecule has 0 radical (unpaired) electrons. The van der Waals surface area contributed by atoms with Crippen molar-refractivity contribution < 1.29 is 18.0 Å². The fourth-order valence-electron chi connectivity index (χ4n) is 2.96. The van der Waals surface area contributed by atoms with Gasteiger partial charge in [0.15, 0.2) is 5.69 Å². The summed E-state index contributed by atoms with van der Waals surface area (Å²) in [6.07, 6.45) is -1.53. The van der Waals surface area contributed by atoms with E-state index in [-0.39, 0.29) is 16.6 Å². The van der Waals surface area contributed by atoms with E-state index in [1.54, 1.807) is 54.7 Å². The summed E-state index contributed by atoms with van der Waals surface area (Å²) in [6, 6.07) is 17.0. The van der Waals surface area contributed by atoms with Crippen molar-refractivity contribution >= 4 is 23.2 Å². The lowest BCUT2D eigenvalue weighted by Gasteiger charge is -2.10. The van der Waals surface area contributed by atoms with Crippen LogP contribution >= 0.6 is 11.6 Å². The second-order valence-electron chi connectivity index (χ2n) is 6.55. The molecule has 0 aliphatic heterocycles. The zero-order valence-electron chi connectivity index (χ0n) is 15.8. The van der Waals surface area contributed by atoms with Gasteiger partial charge in [0, 0.05) is 17.3 Å². The van der Waals surface area contributed by atoms with E-state index in [0.717, 1.165) is 10.7 Å². The number of aromatic nitrogens is 3. The highest BCUT2D eigenvalue weighted by Gasteiger charge is 2.35. The topological polar surface area (TPSA) is 59.8 Å². The number of hydrogen-bond acceptors (Lipinski definition) is 3. The Hall–Kier alpha value is -3.65. The van der Waals surface area contributed by atoms with Crippen LogP contribution in [0.5, 0.6) is 0 Å². The molecule has 0 saturated heterocycles. The Morgan fingerprint density at radius 1 is 1.00 bits per heavy atom. The van der Waals surface area contributed by atoms with Gasteiger partial charge in [-0.25, -0.2) is 4.68 Å². The molecule has 0 aliphatic rings. The van der Waals surface area contributed by atoms with Gasteiger partial charge >= 0.3 is 6.18 Å². The van der Waals surface area contributed by atoms with Gasteiger partial charge in [-0.05, 0) is 42.5 Å². The number of nitrogens with zero attached hydrogens (tertiary/aromatic N) is 3. The van der Waals surface area contributed by atoms with E-state index < -0.39 is 11.9 Å². The molecule has 0 aliphatic carbocycles. The number of pyridine rings is 1. The first kappa shape index (κ1) is 20.6. The quantitative estimate of drug-likeness (QED) is 0.430. The van der Waals surface area contributed by atoms with E-state index in [0.29, 0.717) is 22.5 Å². The predicted molar refractivity (Wildman–Crippen MR) is 111 cm³/mol. The van der Waals surface area contributed by atoms with Crippen LogP contribution in [-0.2, 0) is 6.18 Å². The maximum atomic E-state index is 13.3. The predicted octanol–water partition coefficient (Wildman–Crippen LogP) is 5.86. The normalized spacial score (nSPS) is 11.4. The molecule has 0 bridgehead atoms. The molecule has 31 heavy (non-hydrogen) atoms. The molecule has 0 unspecified atom stereocenters. The first-order valence-corrected chi connectivity index (χ1v) is 9.45. The van der Waals surface area contributed by atoms with Crippen LogP contribution < -0.4 is 5.32 Å². The molecule has 4 aromatic rings. The van der Waals surface area contributed by atoms with Gasteiger partial charge in [0.25, 0.3) is 5.91 Å². The Kier molecular flexibility index (Phi) is 5.48. The molecule has 5 nitrogen and oxygen atoms in total. The van der Waals surface area contributed by atoms with Crippen molar-refractivity contribution in [2.24, 2.45) is 0 Å². The van der Waals surface area contributed by atoms with Gasteiger partial charge in [-0.2, -0.15) is 18.3 Å². The summed E-state index contributed by atoms with van der Waals surface area (Å²) in [6.45, 7) is 0. The Labute approximate surface area is 180 Å². The summed E-state index contributed by atoms with van der Waals surface area (Å²) in [7, 11) is 0. The second-order valence-corrected chi connectivity index (χ2v) is 6.96. The lowest BCUT2D eigenvalue weighted by molar-refractivity contribution is -0.141. The van der Waals surface area contributed by atoms with Gasteiger partial charge in [-0.15, -0.1) is 0 Å². The molecule has 2 aromatic carbocycles. The van der Waals surface area contributed by atoms with Crippen molar-refractivity contribution in [1.29, 1.82) is 0 Å². The third-order valence-corrected chi connectivity index (χ3v) is 4.76. The molecule has 1 amide bonds. The zero-order chi connectivity index (χ0) is 22.0. The van der Waals surface area contributed by atoms with Crippen molar-refractivity contribution in [3.8, 4) is 16.9 Å². The fourth-order valence-corrected chi connectivity index (χ4v) is 3.18. The molecule has 156 valence electrons.